The fraction of sp³-hybridized carbons (Fsp3) is 0.0411. The largest absolute Gasteiger partial charge is 0.310 e. The van der Waals surface area contributed by atoms with Crippen LogP contribution in [0.4, 0.5) is 34.1 Å². The second kappa shape index (κ2) is 18.8. The Hall–Kier alpha value is -9.90. The highest BCUT2D eigenvalue weighted by atomic mass is 15.2. The number of anilines is 6. The quantitative estimate of drug-likeness (QED) is 0.144. The highest BCUT2D eigenvalue weighted by Gasteiger charge is 2.48. The van der Waals surface area contributed by atoms with Gasteiger partial charge in [0, 0.05) is 33.6 Å². The average Bonchev–Trinajstić information content (AvgIpc) is 3.60. The van der Waals surface area contributed by atoms with Gasteiger partial charge in [-0.25, -0.2) is 9.97 Å². The number of benzene rings is 11. The minimum atomic E-state index is -0.536. The first kappa shape index (κ1) is 45.7. The molecule has 11 aromatic carbocycles. The van der Waals surface area contributed by atoms with Crippen molar-refractivity contribution in [1.82, 2.24) is 9.97 Å². The fourth-order valence-electron chi connectivity index (χ4n) is 12.7. The van der Waals surface area contributed by atoms with Crippen molar-refractivity contribution in [3.8, 4) is 33.9 Å². The zero-order valence-corrected chi connectivity index (χ0v) is 42.6. The lowest BCUT2D eigenvalue weighted by Gasteiger charge is -2.46. The SMILES string of the molecule is Cc1c(-c2ccc(N3c4ccccc4C(c4ccccc4)(c4ccccc4)c4ccccc43)cc2)nc(-c2ccccc2)nc1-c1ccc(N2c3ccccc3C(c3ccccc3)(c3ccccc3)c3ccccc32)cc1. The molecule has 0 aliphatic carbocycles. The minimum Gasteiger partial charge on any atom is -0.310 e. The molecule has 3 heterocycles. The summed E-state index contributed by atoms with van der Waals surface area (Å²) in [6.45, 7) is 2.16. The first-order chi connectivity index (χ1) is 38.1. The lowest BCUT2D eigenvalue weighted by Crippen LogP contribution is -2.37. The second-order valence-electron chi connectivity index (χ2n) is 20.0. The van der Waals surface area contributed by atoms with Gasteiger partial charge in [-0.2, -0.15) is 0 Å². The second-order valence-corrected chi connectivity index (χ2v) is 20.0. The number of hydrogen-bond acceptors (Lipinski definition) is 4. The van der Waals surface area contributed by atoms with E-state index in [2.05, 4.69) is 308 Å². The smallest absolute Gasteiger partial charge is 0.160 e. The minimum absolute atomic E-state index is 0.536. The van der Waals surface area contributed by atoms with Crippen LogP contribution in [0.2, 0.25) is 0 Å². The molecule has 0 saturated carbocycles. The van der Waals surface area contributed by atoms with Crippen LogP contribution in [0.5, 0.6) is 0 Å². The highest BCUT2D eigenvalue weighted by Crippen LogP contribution is 2.59. The van der Waals surface area contributed by atoms with E-state index in [0.717, 1.165) is 67.8 Å². The molecule has 0 atom stereocenters. The molecule has 0 amide bonds. The van der Waals surface area contributed by atoms with E-state index < -0.39 is 10.8 Å². The predicted octanol–water partition coefficient (Wildman–Crippen LogP) is 18.1. The Kier molecular flexibility index (Phi) is 11.2. The van der Waals surface area contributed by atoms with Crippen molar-refractivity contribution in [3.05, 3.63) is 347 Å². The molecular weight excluding hydrogens is 933 g/mol. The molecule has 1 aromatic heterocycles. The molecule has 0 spiro atoms. The normalized spacial score (nSPS) is 13.7. The van der Waals surface area contributed by atoms with Crippen LogP contribution >= 0.6 is 0 Å². The summed E-state index contributed by atoms with van der Waals surface area (Å²) in [6.07, 6.45) is 0. The van der Waals surface area contributed by atoms with E-state index in [4.69, 9.17) is 9.97 Å². The lowest BCUT2D eigenvalue weighted by atomic mass is 9.62. The van der Waals surface area contributed by atoms with E-state index in [1.807, 2.05) is 6.07 Å². The van der Waals surface area contributed by atoms with E-state index in [1.54, 1.807) is 0 Å². The van der Waals surface area contributed by atoms with E-state index in [9.17, 15) is 0 Å². The van der Waals surface area contributed by atoms with Gasteiger partial charge in [0.05, 0.1) is 45.0 Å². The van der Waals surface area contributed by atoms with Gasteiger partial charge in [-0.3, -0.25) is 0 Å². The third-order valence-corrected chi connectivity index (χ3v) is 16.0. The molecule has 77 heavy (non-hydrogen) atoms. The zero-order valence-electron chi connectivity index (χ0n) is 42.6. The van der Waals surface area contributed by atoms with Crippen molar-refractivity contribution in [2.24, 2.45) is 0 Å². The molecule has 0 unspecified atom stereocenters. The van der Waals surface area contributed by atoms with Crippen LogP contribution in [0.3, 0.4) is 0 Å². The van der Waals surface area contributed by atoms with Gasteiger partial charge in [-0.1, -0.05) is 249 Å². The molecule has 0 bridgehead atoms. The Morgan fingerprint density at radius 2 is 0.519 bits per heavy atom. The maximum Gasteiger partial charge on any atom is 0.160 e. The number of fused-ring (bicyclic) bond motifs is 4. The Bertz CT molecular complexity index is 3660. The highest BCUT2D eigenvalue weighted by molar-refractivity contribution is 5.92. The zero-order chi connectivity index (χ0) is 51.3. The first-order valence-electron chi connectivity index (χ1n) is 26.5. The van der Waals surface area contributed by atoms with Crippen molar-refractivity contribution in [2.75, 3.05) is 9.80 Å². The molecule has 0 N–H and O–H groups in total. The van der Waals surface area contributed by atoms with Crippen molar-refractivity contribution in [2.45, 2.75) is 17.8 Å². The first-order valence-corrected chi connectivity index (χ1v) is 26.5. The summed E-state index contributed by atoms with van der Waals surface area (Å²) in [4.78, 5) is 15.6. The third kappa shape index (κ3) is 7.21. The lowest BCUT2D eigenvalue weighted by molar-refractivity contribution is 0.731. The van der Waals surface area contributed by atoms with Crippen LogP contribution in [0.15, 0.2) is 297 Å². The van der Waals surface area contributed by atoms with Gasteiger partial charge in [-0.05, 0) is 100.0 Å². The number of aromatic nitrogens is 2. The molecule has 12 aromatic rings. The Balaban J connectivity index is 0.871. The molecular formula is C73H52N4. The van der Waals surface area contributed by atoms with Crippen LogP contribution in [0.1, 0.15) is 50.1 Å². The van der Waals surface area contributed by atoms with E-state index in [0.29, 0.717) is 5.82 Å². The maximum atomic E-state index is 5.37. The van der Waals surface area contributed by atoms with Crippen LogP contribution in [0, 0.1) is 6.92 Å². The number of para-hydroxylation sites is 4. The van der Waals surface area contributed by atoms with Gasteiger partial charge in [0.1, 0.15) is 0 Å². The van der Waals surface area contributed by atoms with Gasteiger partial charge in [0.25, 0.3) is 0 Å². The monoisotopic (exact) mass is 984 g/mol. The van der Waals surface area contributed by atoms with Gasteiger partial charge in [0.15, 0.2) is 5.82 Å². The van der Waals surface area contributed by atoms with Gasteiger partial charge >= 0.3 is 0 Å². The Morgan fingerprint density at radius 1 is 0.260 bits per heavy atom. The van der Waals surface area contributed by atoms with Crippen LogP contribution in [0.25, 0.3) is 33.9 Å². The number of rotatable bonds is 9. The molecule has 2 aliphatic heterocycles. The van der Waals surface area contributed by atoms with Gasteiger partial charge in [0.2, 0.25) is 0 Å². The summed E-state index contributed by atoms with van der Waals surface area (Å²) in [6, 6.07) is 108. The molecule has 2 aliphatic rings. The number of nitrogens with zero attached hydrogens (tertiary/aromatic N) is 4. The topological polar surface area (TPSA) is 32.3 Å². The summed E-state index contributed by atoms with van der Waals surface area (Å²) in [7, 11) is 0. The Morgan fingerprint density at radius 3 is 0.818 bits per heavy atom. The van der Waals surface area contributed by atoms with Crippen LogP contribution in [-0.4, -0.2) is 9.97 Å². The van der Waals surface area contributed by atoms with Crippen molar-refractivity contribution in [3.63, 3.8) is 0 Å². The molecule has 0 radical (unpaired) electrons. The average molecular weight is 985 g/mol. The summed E-state index contributed by atoms with van der Waals surface area (Å²) >= 11 is 0. The van der Waals surface area contributed by atoms with Crippen molar-refractivity contribution < 1.29 is 0 Å². The van der Waals surface area contributed by atoms with Crippen LogP contribution < -0.4 is 9.80 Å². The molecule has 14 rings (SSSR count). The molecule has 4 nitrogen and oxygen atoms in total. The van der Waals surface area contributed by atoms with E-state index in [-0.39, 0.29) is 0 Å². The summed E-state index contributed by atoms with van der Waals surface area (Å²) in [5.41, 5.74) is 21.3. The Labute approximate surface area is 450 Å². The fourth-order valence-corrected chi connectivity index (χ4v) is 12.7. The van der Waals surface area contributed by atoms with Crippen molar-refractivity contribution in [1.29, 1.82) is 0 Å². The van der Waals surface area contributed by atoms with Gasteiger partial charge < -0.3 is 9.80 Å². The van der Waals surface area contributed by atoms with Gasteiger partial charge in [-0.15, -0.1) is 0 Å². The maximum absolute atomic E-state index is 5.37. The molecule has 0 fully saturated rings. The summed E-state index contributed by atoms with van der Waals surface area (Å²) in [5, 5.41) is 0. The summed E-state index contributed by atoms with van der Waals surface area (Å²) < 4.78 is 0. The van der Waals surface area contributed by atoms with E-state index in [1.165, 1.54) is 44.5 Å². The molecule has 0 saturated heterocycles. The third-order valence-electron chi connectivity index (χ3n) is 16.0. The predicted molar refractivity (Wildman–Crippen MR) is 316 cm³/mol. The standard InChI is InChI=1S/C73H52N4/c1-51-69(52-43-47-59(48-44-52)76-65-39-21-17-35-61(65)72(55-27-9-3-10-28-55,56-29-11-4-12-30-56)62-36-18-22-40-66(62)76)74-71(54-25-7-2-8-26-54)75-70(51)53-45-49-60(50-46-53)77-67-41-23-19-37-63(67)73(57-31-13-5-14-32-57,58-33-15-6-16-34-58)64-38-20-24-42-68(64)77/h2-50H,1H3. The van der Waals surface area contributed by atoms with E-state index >= 15 is 0 Å². The number of hydrogen-bond donors (Lipinski definition) is 0. The van der Waals surface area contributed by atoms with Crippen molar-refractivity contribution >= 4 is 34.1 Å². The molecule has 4 heteroatoms. The van der Waals surface area contributed by atoms with Crippen LogP contribution in [-0.2, 0) is 10.8 Å². The summed E-state index contributed by atoms with van der Waals surface area (Å²) in [5.74, 6) is 0.684. The molecule has 364 valence electrons.